The van der Waals surface area contributed by atoms with E-state index in [0.717, 1.165) is 11.1 Å². The zero-order chi connectivity index (χ0) is 28.2. The van der Waals surface area contributed by atoms with Crippen LogP contribution in [0.3, 0.4) is 0 Å². The smallest absolute Gasteiger partial charge is 0.244 e. The van der Waals surface area contributed by atoms with E-state index in [9.17, 15) is 13.2 Å². The first kappa shape index (κ1) is 28.8. The highest BCUT2D eigenvalue weighted by Crippen LogP contribution is 2.30. The summed E-state index contributed by atoms with van der Waals surface area (Å²) in [7, 11) is -2.45. The number of benzene rings is 3. The van der Waals surface area contributed by atoms with Gasteiger partial charge in [-0.05, 0) is 30.0 Å². The van der Waals surface area contributed by atoms with Gasteiger partial charge >= 0.3 is 0 Å². The number of halogens is 1. The number of ether oxygens (including phenoxy) is 1. The Morgan fingerprint density at radius 1 is 1.05 bits per heavy atom. The van der Waals surface area contributed by atoms with E-state index in [2.05, 4.69) is 5.32 Å². The molecule has 0 spiro atoms. The zero-order valence-corrected chi connectivity index (χ0v) is 24.1. The van der Waals surface area contributed by atoms with Crippen molar-refractivity contribution in [2.75, 3.05) is 32.1 Å². The molecular weight excluding hydrogens is 536 g/mol. The SMILES string of the molecule is COCCCN(CC(=O)Nc1cc(C(C)(C)C)nn1-c1ccccc1Cl)S(=O)(=O)c1cccc2ccccc12. The van der Waals surface area contributed by atoms with Crippen LogP contribution in [0.4, 0.5) is 5.82 Å². The minimum atomic E-state index is -4.01. The molecule has 0 aliphatic heterocycles. The van der Waals surface area contributed by atoms with Crippen LogP contribution in [-0.4, -0.2) is 55.2 Å². The van der Waals surface area contributed by atoms with Crippen LogP contribution < -0.4 is 5.32 Å². The summed E-state index contributed by atoms with van der Waals surface area (Å²) in [5, 5.41) is 9.45. The summed E-state index contributed by atoms with van der Waals surface area (Å²) in [6.45, 7) is 6.15. The number of hydrogen-bond acceptors (Lipinski definition) is 5. The molecule has 0 saturated heterocycles. The molecule has 1 amide bonds. The van der Waals surface area contributed by atoms with E-state index in [1.165, 1.54) is 4.31 Å². The first-order valence-corrected chi connectivity index (χ1v) is 14.5. The van der Waals surface area contributed by atoms with E-state index in [-0.39, 0.29) is 23.4 Å². The standard InChI is InChI=1S/C29H33ClN4O4S/c1-29(2,3)26-19-27(34(32-26)24-15-8-7-14-23(24)30)31-28(35)20-33(17-10-18-38-4)39(36,37)25-16-9-12-21-11-5-6-13-22(21)25/h5-9,11-16,19H,10,17-18,20H2,1-4H3,(H,31,35). The number of methoxy groups -OCH3 is 1. The molecule has 1 aromatic heterocycles. The van der Waals surface area contributed by atoms with Gasteiger partial charge in [-0.1, -0.05) is 80.9 Å². The van der Waals surface area contributed by atoms with Crippen LogP contribution in [0.1, 0.15) is 32.9 Å². The van der Waals surface area contributed by atoms with Gasteiger partial charge in [0.25, 0.3) is 0 Å². The molecule has 0 fully saturated rings. The number of para-hydroxylation sites is 1. The van der Waals surface area contributed by atoms with Gasteiger partial charge < -0.3 is 10.1 Å². The molecule has 3 aromatic carbocycles. The molecule has 8 nitrogen and oxygen atoms in total. The average molecular weight is 569 g/mol. The minimum Gasteiger partial charge on any atom is -0.385 e. The van der Waals surface area contributed by atoms with Gasteiger partial charge in [-0.15, -0.1) is 0 Å². The molecular formula is C29H33ClN4O4S. The number of rotatable bonds is 10. The van der Waals surface area contributed by atoms with Gasteiger partial charge in [0.05, 0.1) is 27.8 Å². The molecule has 0 atom stereocenters. The summed E-state index contributed by atoms with van der Waals surface area (Å²) in [5.74, 6) is -0.0951. The van der Waals surface area contributed by atoms with Crippen molar-refractivity contribution in [1.82, 2.24) is 14.1 Å². The summed E-state index contributed by atoms with van der Waals surface area (Å²) in [5.41, 5.74) is 1.05. The van der Waals surface area contributed by atoms with E-state index < -0.39 is 15.9 Å². The fraction of sp³-hybridized carbons (Fsp3) is 0.310. The molecule has 0 radical (unpaired) electrons. The van der Waals surface area contributed by atoms with Gasteiger partial charge in [0.2, 0.25) is 15.9 Å². The van der Waals surface area contributed by atoms with Crippen LogP contribution in [0.5, 0.6) is 0 Å². The summed E-state index contributed by atoms with van der Waals surface area (Å²) in [6, 6.07) is 21.4. The van der Waals surface area contributed by atoms with Crippen molar-refractivity contribution in [2.24, 2.45) is 0 Å². The number of amides is 1. The number of hydrogen-bond donors (Lipinski definition) is 1. The maximum Gasteiger partial charge on any atom is 0.244 e. The molecule has 4 aromatic rings. The second-order valence-corrected chi connectivity index (χ2v) is 12.6. The predicted octanol–water partition coefficient (Wildman–Crippen LogP) is 5.64. The molecule has 4 rings (SSSR count). The van der Waals surface area contributed by atoms with Gasteiger partial charge in [0.15, 0.2) is 0 Å². The Hall–Kier alpha value is -3.24. The molecule has 1 N–H and O–H groups in total. The second-order valence-electron chi connectivity index (χ2n) is 10.2. The number of aromatic nitrogens is 2. The summed E-state index contributed by atoms with van der Waals surface area (Å²) < 4.78 is 35.7. The maximum atomic E-state index is 13.9. The van der Waals surface area contributed by atoms with Gasteiger partial charge in [-0.2, -0.15) is 9.40 Å². The molecule has 10 heteroatoms. The van der Waals surface area contributed by atoms with Crippen molar-refractivity contribution in [2.45, 2.75) is 37.5 Å². The fourth-order valence-corrected chi connectivity index (χ4v) is 6.08. The van der Waals surface area contributed by atoms with Crippen LogP contribution in [-0.2, 0) is 25.0 Å². The van der Waals surface area contributed by atoms with Gasteiger partial charge in [0.1, 0.15) is 5.82 Å². The second kappa shape index (κ2) is 11.9. The van der Waals surface area contributed by atoms with Crippen molar-refractivity contribution in [1.29, 1.82) is 0 Å². The number of sulfonamides is 1. The van der Waals surface area contributed by atoms with Crippen molar-refractivity contribution in [3.05, 3.63) is 83.5 Å². The Labute approximate surface area is 234 Å². The lowest BCUT2D eigenvalue weighted by Gasteiger charge is -2.22. The Kier molecular flexibility index (Phi) is 8.76. The summed E-state index contributed by atoms with van der Waals surface area (Å²) in [6.07, 6.45) is 0.430. The molecule has 39 heavy (non-hydrogen) atoms. The Morgan fingerprint density at radius 2 is 1.74 bits per heavy atom. The van der Waals surface area contributed by atoms with Crippen LogP contribution in [0.2, 0.25) is 5.02 Å². The molecule has 206 valence electrons. The highest BCUT2D eigenvalue weighted by Gasteiger charge is 2.29. The molecule has 0 saturated carbocycles. The third-order valence-electron chi connectivity index (χ3n) is 6.27. The van der Waals surface area contributed by atoms with E-state index in [4.69, 9.17) is 21.4 Å². The maximum absolute atomic E-state index is 13.9. The van der Waals surface area contributed by atoms with E-state index in [1.54, 1.807) is 54.3 Å². The normalized spacial score (nSPS) is 12.3. The number of fused-ring (bicyclic) bond motifs is 1. The minimum absolute atomic E-state index is 0.115. The lowest BCUT2D eigenvalue weighted by molar-refractivity contribution is -0.116. The first-order chi connectivity index (χ1) is 18.5. The van der Waals surface area contributed by atoms with Gasteiger partial charge in [-0.25, -0.2) is 13.1 Å². The number of anilines is 1. The average Bonchev–Trinajstić information content (AvgIpc) is 3.32. The van der Waals surface area contributed by atoms with Crippen LogP contribution >= 0.6 is 11.6 Å². The molecule has 0 aliphatic carbocycles. The fourth-order valence-electron chi connectivity index (χ4n) is 4.22. The number of nitrogens with zero attached hydrogens (tertiary/aromatic N) is 3. The Bertz CT molecular complexity index is 1570. The third kappa shape index (κ3) is 6.50. The third-order valence-corrected chi connectivity index (χ3v) is 8.49. The number of nitrogens with one attached hydrogen (secondary N) is 1. The topological polar surface area (TPSA) is 93.5 Å². The van der Waals surface area contributed by atoms with Crippen molar-refractivity contribution >= 4 is 44.1 Å². The first-order valence-electron chi connectivity index (χ1n) is 12.6. The predicted molar refractivity (Wildman–Crippen MR) is 155 cm³/mol. The lowest BCUT2D eigenvalue weighted by atomic mass is 9.92. The Balaban J connectivity index is 1.67. The molecule has 0 aliphatic rings. The van der Waals surface area contributed by atoms with E-state index in [0.29, 0.717) is 34.9 Å². The Morgan fingerprint density at radius 3 is 2.46 bits per heavy atom. The lowest BCUT2D eigenvalue weighted by Crippen LogP contribution is -2.39. The monoisotopic (exact) mass is 568 g/mol. The highest BCUT2D eigenvalue weighted by atomic mass is 35.5. The molecule has 0 bridgehead atoms. The largest absolute Gasteiger partial charge is 0.385 e. The van der Waals surface area contributed by atoms with E-state index >= 15 is 0 Å². The van der Waals surface area contributed by atoms with Gasteiger partial charge in [0, 0.05) is 37.1 Å². The van der Waals surface area contributed by atoms with Crippen molar-refractivity contribution < 1.29 is 17.9 Å². The summed E-state index contributed by atoms with van der Waals surface area (Å²) in [4.78, 5) is 13.6. The number of carbonyl (C=O) groups is 1. The quantitative estimate of drug-likeness (QED) is 0.250. The number of carbonyl (C=O) groups excluding carboxylic acids is 1. The van der Waals surface area contributed by atoms with E-state index in [1.807, 2.05) is 51.1 Å². The van der Waals surface area contributed by atoms with Crippen molar-refractivity contribution in [3.8, 4) is 5.69 Å². The van der Waals surface area contributed by atoms with Gasteiger partial charge in [-0.3, -0.25) is 4.79 Å². The summed E-state index contributed by atoms with van der Waals surface area (Å²) >= 11 is 6.45. The highest BCUT2D eigenvalue weighted by molar-refractivity contribution is 7.89. The van der Waals surface area contributed by atoms with Crippen LogP contribution in [0.25, 0.3) is 16.5 Å². The molecule has 1 heterocycles. The van der Waals surface area contributed by atoms with Crippen molar-refractivity contribution in [3.63, 3.8) is 0 Å². The van der Waals surface area contributed by atoms with Crippen LogP contribution in [0.15, 0.2) is 77.7 Å². The van der Waals surface area contributed by atoms with Crippen LogP contribution in [0, 0.1) is 0 Å². The molecule has 0 unspecified atom stereocenters. The zero-order valence-electron chi connectivity index (χ0n) is 22.5.